The van der Waals surface area contributed by atoms with Crippen molar-refractivity contribution in [2.45, 2.75) is 26.2 Å². The first-order valence-electron chi connectivity index (χ1n) is 8.28. The second-order valence-corrected chi connectivity index (χ2v) is 5.91. The van der Waals surface area contributed by atoms with Gasteiger partial charge in [0.05, 0.1) is 0 Å². The third-order valence-electron chi connectivity index (χ3n) is 4.34. The summed E-state index contributed by atoms with van der Waals surface area (Å²) in [6.07, 6.45) is 5.51. The number of nitrogens with one attached hydrogen (secondary N) is 1. The van der Waals surface area contributed by atoms with Gasteiger partial charge < -0.3 is 10.2 Å². The monoisotopic (exact) mass is 323 g/mol. The van der Waals surface area contributed by atoms with Crippen LogP contribution in [0.15, 0.2) is 42.7 Å². The summed E-state index contributed by atoms with van der Waals surface area (Å²) in [6, 6.07) is 9.48. The molecule has 0 atom stereocenters. The molecule has 1 aliphatic heterocycles. The molecular formula is C19H21N3O2. The number of carbonyl (C=O) groups is 2. The quantitative estimate of drug-likeness (QED) is 0.920. The Kier molecular flexibility index (Phi) is 4.89. The van der Waals surface area contributed by atoms with Crippen molar-refractivity contribution in [2.75, 3.05) is 18.4 Å². The molecule has 124 valence electrons. The zero-order valence-electron chi connectivity index (χ0n) is 13.8. The number of carbonyl (C=O) groups excluding carboxylic acids is 2. The van der Waals surface area contributed by atoms with E-state index < -0.39 is 0 Å². The molecule has 1 aliphatic rings. The van der Waals surface area contributed by atoms with Gasteiger partial charge in [-0.3, -0.25) is 14.6 Å². The first-order chi connectivity index (χ1) is 11.7. The van der Waals surface area contributed by atoms with Crippen LogP contribution in [-0.4, -0.2) is 34.8 Å². The number of benzene rings is 1. The third kappa shape index (κ3) is 3.62. The Bertz CT molecular complexity index is 744. The minimum atomic E-state index is 0.0336. The molecule has 24 heavy (non-hydrogen) atoms. The highest BCUT2D eigenvalue weighted by atomic mass is 16.2. The molecule has 5 heteroatoms. The normalized spacial score (nSPS) is 13.1. The Morgan fingerprint density at radius 2 is 2.00 bits per heavy atom. The van der Waals surface area contributed by atoms with E-state index in [1.165, 1.54) is 5.56 Å². The van der Waals surface area contributed by atoms with Crippen molar-refractivity contribution in [3.63, 3.8) is 0 Å². The zero-order chi connectivity index (χ0) is 16.9. The van der Waals surface area contributed by atoms with Gasteiger partial charge in [0.2, 0.25) is 5.91 Å². The standard InChI is InChI=1S/C19H21N3O2/c1-2-22(12-9-14-7-10-20-11-8-14)19(24)16-3-5-17-15(13-16)4-6-18(23)21-17/h3,5,7-8,10-11,13H,2,4,6,9,12H2,1H3,(H,21,23). The summed E-state index contributed by atoms with van der Waals surface area (Å²) in [5.41, 5.74) is 3.71. The summed E-state index contributed by atoms with van der Waals surface area (Å²) in [7, 11) is 0. The van der Waals surface area contributed by atoms with E-state index in [1.54, 1.807) is 18.5 Å². The van der Waals surface area contributed by atoms with Gasteiger partial charge in [0.15, 0.2) is 0 Å². The molecule has 0 saturated carbocycles. The van der Waals surface area contributed by atoms with Gasteiger partial charge in [0.1, 0.15) is 0 Å². The van der Waals surface area contributed by atoms with Gasteiger partial charge in [-0.1, -0.05) is 0 Å². The van der Waals surface area contributed by atoms with E-state index in [-0.39, 0.29) is 11.8 Å². The van der Waals surface area contributed by atoms with E-state index in [0.29, 0.717) is 31.5 Å². The van der Waals surface area contributed by atoms with E-state index in [2.05, 4.69) is 10.3 Å². The SMILES string of the molecule is CCN(CCc1ccncc1)C(=O)c1ccc2c(c1)CCC(=O)N2. The Morgan fingerprint density at radius 3 is 2.75 bits per heavy atom. The number of hydrogen-bond donors (Lipinski definition) is 1. The van der Waals surface area contributed by atoms with Crippen LogP contribution < -0.4 is 5.32 Å². The molecule has 1 aromatic carbocycles. The molecule has 0 radical (unpaired) electrons. The van der Waals surface area contributed by atoms with Crippen LogP contribution >= 0.6 is 0 Å². The van der Waals surface area contributed by atoms with Crippen LogP contribution in [0.2, 0.25) is 0 Å². The summed E-state index contributed by atoms with van der Waals surface area (Å²) in [5.74, 6) is 0.0698. The molecule has 2 amide bonds. The number of anilines is 1. The molecular weight excluding hydrogens is 302 g/mol. The summed E-state index contributed by atoms with van der Waals surface area (Å²) in [5, 5.41) is 2.85. The van der Waals surface area contributed by atoms with Crippen molar-refractivity contribution in [3.8, 4) is 0 Å². The average Bonchev–Trinajstić information content (AvgIpc) is 2.62. The highest BCUT2D eigenvalue weighted by Gasteiger charge is 2.19. The van der Waals surface area contributed by atoms with Gasteiger partial charge in [-0.2, -0.15) is 0 Å². The minimum absolute atomic E-state index is 0.0336. The fraction of sp³-hybridized carbons (Fsp3) is 0.316. The van der Waals surface area contributed by atoms with Crippen LogP contribution in [0, 0.1) is 0 Å². The highest BCUT2D eigenvalue weighted by molar-refractivity contribution is 5.98. The van der Waals surface area contributed by atoms with Crippen molar-refractivity contribution in [1.82, 2.24) is 9.88 Å². The molecule has 0 bridgehead atoms. The molecule has 0 saturated heterocycles. The lowest BCUT2D eigenvalue weighted by molar-refractivity contribution is -0.116. The molecule has 1 N–H and O–H groups in total. The predicted octanol–water partition coefficient (Wildman–Crippen LogP) is 2.67. The molecule has 2 heterocycles. The number of likely N-dealkylation sites (N-methyl/N-ethyl adjacent to an activating group) is 1. The Balaban J connectivity index is 1.70. The van der Waals surface area contributed by atoms with Crippen molar-refractivity contribution in [1.29, 1.82) is 0 Å². The minimum Gasteiger partial charge on any atom is -0.339 e. The molecule has 0 unspecified atom stereocenters. The number of aryl methyl sites for hydroxylation is 1. The Labute approximate surface area is 141 Å². The van der Waals surface area contributed by atoms with E-state index in [4.69, 9.17) is 0 Å². The second-order valence-electron chi connectivity index (χ2n) is 5.91. The van der Waals surface area contributed by atoms with Crippen LogP contribution in [0.3, 0.4) is 0 Å². The number of rotatable bonds is 5. The molecule has 1 aromatic heterocycles. The maximum absolute atomic E-state index is 12.8. The van der Waals surface area contributed by atoms with Crippen molar-refractivity contribution >= 4 is 17.5 Å². The third-order valence-corrected chi connectivity index (χ3v) is 4.34. The summed E-state index contributed by atoms with van der Waals surface area (Å²) in [4.78, 5) is 30.1. The number of fused-ring (bicyclic) bond motifs is 1. The van der Waals surface area contributed by atoms with Crippen molar-refractivity contribution < 1.29 is 9.59 Å². The fourth-order valence-electron chi connectivity index (χ4n) is 2.92. The van der Waals surface area contributed by atoms with E-state index in [9.17, 15) is 9.59 Å². The Morgan fingerprint density at radius 1 is 1.21 bits per heavy atom. The predicted molar refractivity (Wildman–Crippen MR) is 92.9 cm³/mol. The van der Waals surface area contributed by atoms with Crippen molar-refractivity contribution in [2.24, 2.45) is 0 Å². The van der Waals surface area contributed by atoms with Crippen LogP contribution in [-0.2, 0) is 17.6 Å². The Hall–Kier alpha value is -2.69. The lowest BCUT2D eigenvalue weighted by atomic mass is 10.00. The van der Waals surface area contributed by atoms with Gasteiger partial charge in [0, 0.05) is 43.2 Å². The average molecular weight is 323 g/mol. The molecule has 2 aromatic rings. The number of hydrogen-bond acceptors (Lipinski definition) is 3. The van der Waals surface area contributed by atoms with Crippen LogP contribution in [0.25, 0.3) is 0 Å². The van der Waals surface area contributed by atoms with Crippen molar-refractivity contribution in [3.05, 3.63) is 59.4 Å². The number of amides is 2. The first-order valence-corrected chi connectivity index (χ1v) is 8.28. The zero-order valence-corrected chi connectivity index (χ0v) is 13.8. The lowest BCUT2D eigenvalue weighted by Crippen LogP contribution is -2.33. The summed E-state index contributed by atoms with van der Waals surface area (Å²) in [6.45, 7) is 3.33. The van der Waals surface area contributed by atoms with Gasteiger partial charge in [0.25, 0.3) is 5.91 Å². The topological polar surface area (TPSA) is 62.3 Å². The van der Waals surface area contributed by atoms with Gasteiger partial charge >= 0.3 is 0 Å². The number of pyridine rings is 1. The van der Waals surface area contributed by atoms with Gasteiger partial charge in [-0.05, 0) is 61.2 Å². The maximum atomic E-state index is 12.8. The molecule has 5 nitrogen and oxygen atoms in total. The summed E-state index contributed by atoms with van der Waals surface area (Å²) >= 11 is 0. The molecule has 0 fully saturated rings. The smallest absolute Gasteiger partial charge is 0.253 e. The van der Waals surface area contributed by atoms with Crippen LogP contribution in [0.4, 0.5) is 5.69 Å². The molecule has 3 rings (SSSR count). The first kappa shape index (κ1) is 16.2. The largest absolute Gasteiger partial charge is 0.339 e. The maximum Gasteiger partial charge on any atom is 0.253 e. The second kappa shape index (κ2) is 7.25. The fourth-order valence-corrected chi connectivity index (χ4v) is 2.92. The van der Waals surface area contributed by atoms with Crippen LogP contribution in [0.5, 0.6) is 0 Å². The molecule has 0 spiro atoms. The van der Waals surface area contributed by atoms with E-state index >= 15 is 0 Å². The van der Waals surface area contributed by atoms with Crippen LogP contribution in [0.1, 0.15) is 34.8 Å². The molecule has 0 aliphatic carbocycles. The number of nitrogens with zero attached hydrogens (tertiary/aromatic N) is 2. The number of aromatic nitrogens is 1. The highest BCUT2D eigenvalue weighted by Crippen LogP contribution is 2.24. The van der Waals surface area contributed by atoms with E-state index in [0.717, 1.165) is 17.7 Å². The van der Waals surface area contributed by atoms with Gasteiger partial charge in [-0.15, -0.1) is 0 Å². The lowest BCUT2D eigenvalue weighted by Gasteiger charge is -2.23. The summed E-state index contributed by atoms with van der Waals surface area (Å²) < 4.78 is 0. The van der Waals surface area contributed by atoms with E-state index in [1.807, 2.05) is 36.1 Å². The van der Waals surface area contributed by atoms with Gasteiger partial charge in [-0.25, -0.2) is 0 Å².